The van der Waals surface area contributed by atoms with Crippen LogP contribution in [0.2, 0.25) is 0 Å². The minimum Gasteiger partial charge on any atom is -0.494 e. The van der Waals surface area contributed by atoms with Gasteiger partial charge in [-0.1, -0.05) is 19.1 Å². The Morgan fingerprint density at radius 3 is 2.18 bits per heavy atom. The summed E-state index contributed by atoms with van der Waals surface area (Å²) in [5.41, 5.74) is -3.78. The van der Waals surface area contributed by atoms with Crippen LogP contribution in [-0.2, 0) is 4.74 Å². The molecule has 3 atom stereocenters. The number of hydrogen-bond donors (Lipinski definition) is 3. The summed E-state index contributed by atoms with van der Waals surface area (Å²) < 4.78 is 52.0. The van der Waals surface area contributed by atoms with Gasteiger partial charge in [-0.3, -0.25) is 4.79 Å². The van der Waals surface area contributed by atoms with Crippen LogP contribution in [0.25, 0.3) is 0 Å². The Balaban J connectivity index is 2.05. The number of ether oxygens (including phenoxy) is 2. The molecule has 1 saturated heterocycles. The molecule has 0 aromatic heterocycles. The second kappa shape index (κ2) is 9.72. The van der Waals surface area contributed by atoms with E-state index >= 15 is 0 Å². The van der Waals surface area contributed by atoms with Crippen LogP contribution in [0, 0.1) is 5.92 Å². The number of amides is 2. The first-order chi connectivity index (χ1) is 16.0. The van der Waals surface area contributed by atoms with Crippen molar-refractivity contribution >= 4 is 17.8 Å². The van der Waals surface area contributed by atoms with Crippen LogP contribution in [0.1, 0.15) is 45.7 Å². The zero-order valence-electron chi connectivity index (χ0n) is 18.3. The number of urea groups is 1. The number of carbonyl (C=O) groups is 3. The van der Waals surface area contributed by atoms with E-state index in [1.54, 1.807) is 0 Å². The highest BCUT2D eigenvalue weighted by Crippen LogP contribution is 2.44. The molecule has 8 nitrogen and oxygen atoms in total. The zero-order chi connectivity index (χ0) is 25.1. The maximum absolute atomic E-state index is 14.0. The molecule has 1 fully saturated rings. The highest BCUT2D eigenvalue weighted by molar-refractivity contribution is 6.00. The second-order valence-electron chi connectivity index (χ2n) is 7.67. The number of ketones is 1. The lowest BCUT2D eigenvalue weighted by Gasteiger charge is -2.45. The Morgan fingerprint density at radius 1 is 1.06 bits per heavy atom. The van der Waals surface area contributed by atoms with Crippen molar-refractivity contribution in [3.63, 3.8) is 0 Å². The van der Waals surface area contributed by atoms with Crippen molar-refractivity contribution in [2.45, 2.75) is 31.3 Å². The minimum absolute atomic E-state index is 0.0754. The van der Waals surface area contributed by atoms with E-state index in [4.69, 9.17) is 4.74 Å². The number of esters is 1. The highest BCUT2D eigenvalue weighted by Gasteiger charge is 2.66. The van der Waals surface area contributed by atoms with E-state index in [0.29, 0.717) is 12.4 Å². The number of rotatable bonds is 7. The van der Waals surface area contributed by atoms with Crippen LogP contribution in [0.5, 0.6) is 5.75 Å². The normalized spacial score (nSPS) is 22.4. The molecule has 1 aliphatic rings. The molecule has 0 unspecified atom stereocenters. The van der Waals surface area contributed by atoms with E-state index in [2.05, 4.69) is 10.1 Å². The summed E-state index contributed by atoms with van der Waals surface area (Å²) in [5, 5.41) is 14.4. The van der Waals surface area contributed by atoms with Gasteiger partial charge in [0.25, 0.3) is 0 Å². The molecule has 182 valence electrons. The quantitative estimate of drug-likeness (QED) is 0.414. The van der Waals surface area contributed by atoms with Gasteiger partial charge in [-0.15, -0.1) is 0 Å². The highest BCUT2D eigenvalue weighted by atomic mass is 19.4. The second-order valence-corrected chi connectivity index (χ2v) is 7.67. The van der Waals surface area contributed by atoms with E-state index < -0.39 is 41.6 Å². The Kier molecular flexibility index (Phi) is 7.15. The fourth-order valence-electron chi connectivity index (χ4n) is 3.68. The Labute approximate surface area is 193 Å². The predicted octanol–water partition coefficient (Wildman–Crippen LogP) is 3.37. The van der Waals surface area contributed by atoms with Crippen LogP contribution < -0.4 is 15.4 Å². The number of carbonyl (C=O) groups excluding carboxylic acids is 3. The first-order valence-corrected chi connectivity index (χ1v) is 10.3. The lowest BCUT2D eigenvalue weighted by molar-refractivity contribution is -0.287. The summed E-state index contributed by atoms with van der Waals surface area (Å²) in [6, 6.07) is 7.70. The fourth-order valence-corrected chi connectivity index (χ4v) is 3.68. The van der Waals surface area contributed by atoms with Crippen molar-refractivity contribution in [3.8, 4) is 5.75 Å². The molecule has 0 aliphatic carbocycles. The SMILES string of the molecule is CCCOc1ccc(C(=O)[C@H]2[C@@H](c3ccc(C(=O)OC)cc3)NC(=O)N[C@@]2(O)C(F)(F)F)cc1. The summed E-state index contributed by atoms with van der Waals surface area (Å²) in [6.45, 7) is 2.32. The number of benzene rings is 2. The third-order valence-electron chi connectivity index (χ3n) is 5.39. The summed E-state index contributed by atoms with van der Waals surface area (Å²) in [6.07, 6.45) is -4.64. The smallest absolute Gasteiger partial charge is 0.437 e. The van der Waals surface area contributed by atoms with E-state index in [1.165, 1.54) is 61.0 Å². The van der Waals surface area contributed by atoms with Gasteiger partial charge >= 0.3 is 18.2 Å². The molecule has 11 heteroatoms. The largest absolute Gasteiger partial charge is 0.494 e. The Hall–Kier alpha value is -3.60. The molecule has 3 N–H and O–H groups in total. The van der Waals surface area contributed by atoms with Crippen LogP contribution >= 0.6 is 0 Å². The first-order valence-electron chi connectivity index (χ1n) is 10.3. The molecule has 0 bridgehead atoms. The van der Waals surface area contributed by atoms with Crippen molar-refractivity contribution in [1.82, 2.24) is 10.6 Å². The molecule has 0 saturated carbocycles. The topological polar surface area (TPSA) is 114 Å². The molecular formula is C23H23F3N2O6. The molecule has 2 amide bonds. The van der Waals surface area contributed by atoms with Gasteiger partial charge in [-0.05, 0) is 48.4 Å². The molecule has 3 rings (SSSR count). The van der Waals surface area contributed by atoms with E-state index in [1.807, 2.05) is 6.92 Å². The van der Waals surface area contributed by atoms with Gasteiger partial charge in [-0.25, -0.2) is 9.59 Å². The monoisotopic (exact) mass is 480 g/mol. The van der Waals surface area contributed by atoms with E-state index in [-0.39, 0.29) is 16.7 Å². The van der Waals surface area contributed by atoms with Crippen LogP contribution in [0.4, 0.5) is 18.0 Å². The fraction of sp³-hybridized carbons (Fsp3) is 0.348. The number of methoxy groups -OCH3 is 1. The van der Waals surface area contributed by atoms with Gasteiger partial charge in [0.15, 0.2) is 5.78 Å². The lowest BCUT2D eigenvalue weighted by atomic mass is 9.77. The van der Waals surface area contributed by atoms with E-state index in [0.717, 1.165) is 6.42 Å². The Bertz CT molecular complexity index is 1060. The summed E-state index contributed by atoms with van der Waals surface area (Å²) in [4.78, 5) is 37.1. The van der Waals surface area contributed by atoms with Gasteiger partial charge in [0.2, 0.25) is 5.72 Å². The minimum atomic E-state index is -5.38. The number of aliphatic hydroxyl groups is 1. The number of nitrogens with one attached hydrogen (secondary N) is 2. The summed E-state index contributed by atoms with van der Waals surface area (Å²) in [7, 11) is 1.17. The van der Waals surface area contributed by atoms with Crippen LogP contribution in [-0.4, -0.2) is 48.5 Å². The number of Topliss-reactive ketones (excluding diaryl/α,β-unsaturated/α-hetero) is 1. The molecular weight excluding hydrogens is 457 g/mol. The molecule has 34 heavy (non-hydrogen) atoms. The van der Waals surface area contributed by atoms with Crippen molar-refractivity contribution in [3.05, 3.63) is 65.2 Å². The van der Waals surface area contributed by atoms with Gasteiger partial charge < -0.3 is 25.2 Å². The van der Waals surface area contributed by atoms with Gasteiger partial charge in [0.05, 0.1) is 25.3 Å². The van der Waals surface area contributed by atoms with Crippen LogP contribution in [0.3, 0.4) is 0 Å². The van der Waals surface area contributed by atoms with Crippen molar-refractivity contribution in [2.75, 3.05) is 13.7 Å². The average Bonchev–Trinajstić information content (AvgIpc) is 2.81. The molecule has 1 heterocycles. The third kappa shape index (κ3) is 4.84. The average molecular weight is 480 g/mol. The lowest BCUT2D eigenvalue weighted by Crippen LogP contribution is -2.72. The molecule has 0 spiro atoms. The standard InChI is InChI=1S/C23H23F3N2O6/c1-3-12-34-16-10-8-14(9-11-16)19(29)17-18(13-4-6-15(7-5-13)20(30)33-2)27-21(31)28-22(17,32)23(24,25)26/h4-11,17-18,32H,3,12H2,1-2H3,(H2,27,28,31)/t17-,18-,22+/m1/s1. The van der Waals surface area contributed by atoms with Crippen LogP contribution in [0.15, 0.2) is 48.5 Å². The maximum Gasteiger partial charge on any atom is 0.437 e. The maximum atomic E-state index is 14.0. The van der Waals surface area contributed by atoms with Gasteiger partial charge in [0.1, 0.15) is 11.7 Å². The first kappa shape index (κ1) is 25.0. The van der Waals surface area contributed by atoms with Gasteiger partial charge in [0, 0.05) is 5.56 Å². The number of hydrogen-bond acceptors (Lipinski definition) is 6. The van der Waals surface area contributed by atoms with Crippen molar-refractivity contribution < 1.29 is 42.1 Å². The van der Waals surface area contributed by atoms with Crippen molar-refractivity contribution in [1.29, 1.82) is 0 Å². The number of alkyl halides is 3. The molecule has 0 radical (unpaired) electrons. The number of halogens is 3. The summed E-state index contributed by atoms with van der Waals surface area (Å²) in [5.74, 6) is -3.49. The molecule has 2 aromatic carbocycles. The van der Waals surface area contributed by atoms with Gasteiger partial charge in [-0.2, -0.15) is 13.2 Å². The predicted molar refractivity (Wildman–Crippen MR) is 113 cm³/mol. The zero-order valence-corrected chi connectivity index (χ0v) is 18.3. The van der Waals surface area contributed by atoms with Crippen molar-refractivity contribution in [2.24, 2.45) is 5.92 Å². The third-order valence-corrected chi connectivity index (χ3v) is 5.39. The molecule has 2 aromatic rings. The molecule has 1 aliphatic heterocycles. The Morgan fingerprint density at radius 2 is 1.65 bits per heavy atom. The van der Waals surface area contributed by atoms with E-state index in [9.17, 15) is 32.7 Å². The summed E-state index contributed by atoms with van der Waals surface area (Å²) >= 11 is 0.